The van der Waals surface area contributed by atoms with Gasteiger partial charge in [0.05, 0.1) is 13.1 Å². The number of amides is 1. The summed E-state index contributed by atoms with van der Waals surface area (Å²) in [5.41, 5.74) is 0.623. The van der Waals surface area contributed by atoms with E-state index in [-0.39, 0.29) is 23.7 Å². The number of rotatable bonds is 6. The zero-order valence-electron chi connectivity index (χ0n) is 14.3. The third kappa shape index (κ3) is 3.50. The number of carbonyl (C=O) groups is 1. The monoisotopic (exact) mass is 329 g/mol. The van der Waals surface area contributed by atoms with Crippen LogP contribution in [0.1, 0.15) is 44.5 Å². The minimum Gasteiger partial charge on any atom is -0.333 e. The lowest BCUT2D eigenvalue weighted by molar-refractivity contribution is -0.140. The molecule has 0 radical (unpaired) electrons. The molecular formula is C19H24FN3O. The molecule has 24 heavy (non-hydrogen) atoms. The Morgan fingerprint density at radius 3 is 2.75 bits per heavy atom. The Labute approximate surface area is 142 Å². The van der Waals surface area contributed by atoms with Crippen molar-refractivity contribution in [1.82, 2.24) is 14.5 Å². The average Bonchev–Trinajstić information content (AvgIpc) is 2.92. The fraction of sp³-hybridized carbons (Fsp3) is 0.474. The Balaban J connectivity index is 1.76. The number of benzene rings is 1. The standard InChI is InChI=1S/C19H24FN3O/c1-14(2)23(19(24)15-7-5-8-15)13-18-21-10-11-22(18)12-16-6-3-4-9-17(16)20/h3-4,6,9-11,14-15H,5,7-8,12-13H2,1-2H3. The lowest BCUT2D eigenvalue weighted by Gasteiger charge is -2.34. The van der Waals surface area contributed by atoms with Crippen molar-refractivity contribution >= 4 is 5.91 Å². The fourth-order valence-corrected chi connectivity index (χ4v) is 3.00. The van der Waals surface area contributed by atoms with Gasteiger partial charge >= 0.3 is 0 Å². The van der Waals surface area contributed by atoms with Gasteiger partial charge in [-0.25, -0.2) is 9.37 Å². The zero-order chi connectivity index (χ0) is 17.1. The van der Waals surface area contributed by atoms with Crippen molar-refractivity contribution in [3.63, 3.8) is 0 Å². The SMILES string of the molecule is CC(C)N(Cc1nccn1Cc1ccccc1F)C(=O)C1CCC1. The van der Waals surface area contributed by atoms with Gasteiger partial charge in [-0.05, 0) is 32.8 Å². The van der Waals surface area contributed by atoms with Crippen LogP contribution in [0.4, 0.5) is 4.39 Å². The molecule has 0 atom stereocenters. The van der Waals surface area contributed by atoms with Crippen LogP contribution in [0.5, 0.6) is 0 Å². The Hall–Kier alpha value is -2.17. The Kier molecular flexibility index (Phi) is 4.97. The van der Waals surface area contributed by atoms with Crippen LogP contribution in [0.25, 0.3) is 0 Å². The number of carbonyl (C=O) groups excluding carboxylic acids is 1. The summed E-state index contributed by atoms with van der Waals surface area (Å²) in [6.45, 7) is 4.95. The molecule has 0 spiro atoms. The van der Waals surface area contributed by atoms with Gasteiger partial charge in [-0.1, -0.05) is 24.6 Å². The minimum absolute atomic E-state index is 0.122. The van der Waals surface area contributed by atoms with E-state index in [1.54, 1.807) is 18.3 Å². The molecule has 1 amide bonds. The van der Waals surface area contributed by atoms with Crippen LogP contribution in [0.15, 0.2) is 36.7 Å². The largest absolute Gasteiger partial charge is 0.333 e. The Morgan fingerprint density at radius 2 is 2.12 bits per heavy atom. The second-order valence-electron chi connectivity index (χ2n) is 6.75. The van der Waals surface area contributed by atoms with Crippen LogP contribution in [0.3, 0.4) is 0 Å². The Morgan fingerprint density at radius 1 is 1.38 bits per heavy atom. The number of imidazole rings is 1. The molecule has 1 heterocycles. The molecule has 1 fully saturated rings. The minimum atomic E-state index is -0.219. The maximum absolute atomic E-state index is 13.9. The van der Waals surface area contributed by atoms with Crippen LogP contribution in [0.2, 0.25) is 0 Å². The second kappa shape index (κ2) is 7.16. The normalized spacial score (nSPS) is 14.7. The van der Waals surface area contributed by atoms with Crippen LogP contribution >= 0.6 is 0 Å². The molecule has 1 aliphatic rings. The highest BCUT2D eigenvalue weighted by Crippen LogP contribution is 2.29. The summed E-state index contributed by atoms with van der Waals surface area (Å²) in [7, 11) is 0. The fourth-order valence-electron chi connectivity index (χ4n) is 3.00. The van der Waals surface area contributed by atoms with E-state index >= 15 is 0 Å². The zero-order valence-corrected chi connectivity index (χ0v) is 14.3. The van der Waals surface area contributed by atoms with E-state index in [0.29, 0.717) is 18.7 Å². The van der Waals surface area contributed by atoms with Crippen LogP contribution in [0, 0.1) is 11.7 Å². The summed E-state index contributed by atoms with van der Waals surface area (Å²) in [5, 5.41) is 0. The summed E-state index contributed by atoms with van der Waals surface area (Å²) in [4.78, 5) is 18.9. The molecule has 0 unspecified atom stereocenters. The van der Waals surface area contributed by atoms with Gasteiger partial charge in [0, 0.05) is 29.9 Å². The van der Waals surface area contributed by atoms with E-state index < -0.39 is 0 Å². The van der Waals surface area contributed by atoms with Gasteiger partial charge < -0.3 is 9.47 Å². The molecule has 3 rings (SSSR count). The first kappa shape index (κ1) is 16.7. The predicted octanol–water partition coefficient (Wildman–Crippen LogP) is 3.61. The lowest BCUT2D eigenvalue weighted by atomic mass is 9.84. The van der Waals surface area contributed by atoms with Crippen molar-refractivity contribution in [3.05, 3.63) is 53.9 Å². The molecule has 0 bridgehead atoms. The van der Waals surface area contributed by atoms with Gasteiger partial charge in [-0.15, -0.1) is 0 Å². The summed E-state index contributed by atoms with van der Waals surface area (Å²) in [6.07, 6.45) is 6.68. The molecule has 1 saturated carbocycles. The maximum Gasteiger partial charge on any atom is 0.226 e. The number of hydrogen-bond donors (Lipinski definition) is 0. The molecule has 0 saturated heterocycles. The molecule has 1 aliphatic carbocycles. The van der Waals surface area contributed by atoms with E-state index in [9.17, 15) is 9.18 Å². The topological polar surface area (TPSA) is 38.1 Å². The van der Waals surface area contributed by atoms with E-state index in [4.69, 9.17) is 0 Å². The van der Waals surface area contributed by atoms with Gasteiger partial charge in [0.2, 0.25) is 5.91 Å². The van der Waals surface area contributed by atoms with Gasteiger partial charge in [0.15, 0.2) is 0 Å². The van der Waals surface area contributed by atoms with Crippen LogP contribution in [-0.2, 0) is 17.9 Å². The quantitative estimate of drug-likeness (QED) is 0.812. The molecule has 2 aromatic rings. The van der Waals surface area contributed by atoms with Gasteiger partial charge in [-0.2, -0.15) is 0 Å². The summed E-state index contributed by atoms with van der Waals surface area (Å²) in [6, 6.07) is 6.88. The molecule has 0 N–H and O–H groups in total. The van der Waals surface area contributed by atoms with Gasteiger partial charge in [-0.3, -0.25) is 4.79 Å². The summed E-state index contributed by atoms with van der Waals surface area (Å²) < 4.78 is 15.8. The highest BCUT2D eigenvalue weighted by molar-refractivity contribution is 5.79. The maximum atomic E-state index is 13.9. The van der Waals surface area contributed by atoms with Gasteiger partial charge in [0.1, 0.15) is 11.6 Å². The number of hydrogen-bond acceptors (Lipinski definition) is 2. The summed E-state index contributed by atoms with van der Waals surface area (Å²) in [5.74, 6) is 0.960. The average molecular weight is 329 g/mol. The highest BCUT2D eigenvalue weighted by Gasteiger charge is 2.31. The van der Waals surface area contributed by atoms with E-state index in [2.05, 4.69) is 4.98 Å². The van der Waals surface area contributed by atoms with Crippen molar-refractivity contribution in [2.75, 3.05) is 0 Å². The smallest absolute Gasteiger partial charge is 0.226 e. The lowest BCUT2D eigenvalue weighted by Crippen LogP contribution is -2.43. The first-order valence-electron chi connectivity index (χ1n) is 8.60. The number of aromatic nitrogens is 2. The first-order valence-corrected chi connectivity index (χ1v) is 8.60. The molecule has 1 aromatic heterocycles. The van der Waals surface area contributed by atoms with E-state index in [1.807, 2.05) is 35.6 Å². The molecular weight excluding hydrogens is 305 g/mol. The van der Waals surface area contributed by atoms with Crippen molar-refractivity contribution < 1.29 is 9.18 Å². The molecule has 0 aliphatic heterocycles. The van der Waals surface area contributed by atoms with Crippen molar-refractivity contribution in [2.45, 2.75) is 52.2 Å². The molecule has 1 aromatic carbocycles. The highest BCUT2D eigenvalue weighted by atomic mass is 19.1. The van der Waals surface area contributed by atoms with Crippen LogP contribution in [-0.4, -0.2) is 26.4 Å². The number of halogens is 1. The molecule has 5 heteroatoms. The molecule has 128 valence electrons. The summed E-state index contributed by atoms with van der Waals surface area (Å²) >= 11 is 0. The predicted molar refractivity (Wildman–Crippen MR) is 90.8 cm³/mol. The van der Waals surface area contributed by atoms with Crippen molar-refractivity contribution in [2.24, 2.45) is 5.92 Å². The second-order valence-corrected chi connectivity index (χ2v) is 6.75. The third-order valence-electron chi connectivity index (χ3n) is 4.77. The van der Waals surface area contributed by atoms with E-state index in [1.165, 1.54) is 6.07 Å². The Bertz CT molecular complexity index is 706. The van der Waals surface area contributed by atoms with Crippen molar-refractivity contribution in [3.8, 4) is 0 Å². The van der Waals surface area contributed by atoms with Crippen molar-refractivity contribution in [1.29, 1.82) is 0 Å². The third-order valence-corrected chi connectivity index (χ3v) is 4.77. The van der Waals surface area contributed by atoms with Gasteiger partial charge in [0.25, 0.3) is 0 Å². The molecule has 4 nitrogen and oxygen atoms in total. The first-order chi connectivity index (χ1) is 11.6. The number of nitrogens with zero attached hydrogens (tertiary/aromatic N) is 3. The van der Waals surface area contributed by atoms with Crippen LogP contribution < -0.4 is 0 Å². The van der Waals surface area contributed by atoms with E-state index in [0.717, 1.165) is 25.1 Å².